The molecule has 0 aliphatic rings. The van der Waals surface area contributed by atoms with Gasteiger partial charge in [0.2, 0.25) is 0 Å². The van der Waals surface area contributed by atoms with Crippen LogP contribution in [0.3, 0.4) is 0 Å². The van der Waals surface area contributed by atoms with Gasteiger partial charge >= 0.3 is 5.97 Å². The molecule has 0 aliphatic heterocycles. The highest BCUT2D eigenvalue weighted by Gasteiger charge is 2.21. The smallest absolute Gasteiger partial charge is 0.305 e. The number of carboxylic acid groups (broad SMARTS) is 1. The number of hydrogen-bond donors (Lipinski definition) is 3. The quantitative estimate of drug-likeness (QED) is 0.418. The molecule has 0 spiro atoms. The number of aromatic nitrogens is 5. The second kappa shape index (κ2) is 8.49. The fraction of sp³-hybridized carbons (Fsp3) is 0.0952. The van der Waals surface area contributed by atoms with Gasteiger partial charge in [-0.1, -0.05) is 30.3 Å². The maximum absolute atomic E-state index is 12.8. The summed E-state index contributed by atoms with van der Waals surface area (Å²) in [5, 5.41) is 18.8. The van der Waals surface area contributed by atoms with Crippen LogP contribution < -0.4 is 10.9 Å². The SMILES string of the molecule is O=C(O)CC(NC(=O)c1cc(=O)n(-c2ccccc2)[nH]1)c1ccc(-n2cncn2)cc1. The number of para-hydroxylation sites is 1. The second-order valence-corrected chi connectivity index (χ2v) is 6.73. The van der Waals surface area contributed by atoms with E-state index in [9.17, 15) is 19.5 Å². The molecule has 4 rings (SSSR count). The molecule has 1 atom stereocenters. The molecule has 0 aliphatic carbocycles. The van der Waals surface area contributed by atoms with Crippen molar-refractivity contribution in [2.45, 2.75) is 12.5 Å². The van der Waals surface area contributed by atoms with Crippen molar-refractivity contribution >= 4 is 11.9 Å². The predicted molar refractivity (Wildman–Crippen MR) is 110 cm³/mol. The third-order valence-electron chi connectivity index (χ3n) is 4.64. The molecular weight excluding hydrogens is 400 g/mol. The Bertz CT molecular complexity index is 1240. The number of nitrogens with one attached hydrogen (secondary N) is 2. The van der Waals surface area contributed by atoms with E-state index in [0.717, 1.165) is 5.69 Å². The lowest BCUT2D eigenvalue weighted by Crippen LogP contribution is -2.30. The van der Waals surface area contributed by atoms with Gasteiger partial charge in [0.1, 0.15) is 18.3 Å². The van der Waals surface area contributed by atoms with E-state index in [2.05, 4.69) is 20.5 Å². The number of carbonyl (C=O) groups excluding carboxylic acids is 1. The second-order valence-electron chi connectivity index (χ2n) is 6.73. The van der Waals surface area contributed by atoms with Gasteiger partial charge in [0, 0.05) is 6.07 Å². The van der Waals surface area contributed by atoms with Gasteiger partial charge < -0.3 is 10.4 Å². The molecule has 0 fully saturated rings. The van der Waals surface area contributed by atoms with Gasteiger partial charge in [0.15, 0.2) is 0 Å². The number of hydrogen-bond acceptors (Lipinski definition) is 5. The first-order chi connectivity index (χ1) is 15.0. The van der Waals surface area contributed by atoms with Crippen LogP contribution in [0.15, 0.2) is 78.1 Å². The van der Waals surface area contributed by atoms with E-state index in [1.54, 1.807) is 59.5 Å². The molecule has 2 heterocycles. The summed E-state index contributed by atoms with van der Waals surface area (Å²) in [7, 11) is 0. The molecule has 0 saturated carbocycles. The molecule has 0 radical (unpaired) electrons. The molecule has 1 unspecified atom stereocenters. The first-order valence-corrected chi connectivity index (χ1v) is 9.36. The summed E-state index contributed by atoms with van der Waals surface area (Å²) in [6, 6.07) is 16.1. The molecule has 0 bridgehead atoms. The van der Waals surface area contributed by atoms with Crippen LogP contribution in [-0.2, 0) is 4.79 Å². The number of H-pyrrole nitrogens is 1. The summed E-state index contributed by atoms with van der Waals surface area (Å²) >= 11 is 0. The lowest BCUT2D eigenvalue weighted by molar-refractivity contribution is -0.137. The molecule has 2 aromatic carbocycles. The van der Waals surface area contributed by atoms with Crippen molar-refractivity contribution in [3.8, 4) is 11.4 Å². The van der Waals surface area contributed by atoms with Crippen molar-refractivity contribution in [3.05, 3.63) is 94.9 Å². The summed E-state index contributed by atoms with van der Waals surface area (Å²) in [6.07, 6.45) is 2.63. The van der Waals surface area contributed by atoms with Crippen LogP contribution in [-0.4, -0.2) is 41.5 Å². The van der Waals surface area contributed by atoms with Gasteiger partial charge in [-0.2, -0.15) is 5.10 Å². The number of amides is 1. The number of aromatic amines is 1. The van der Waals surface area contributed by atoms with Crippen LogP contribution >= 0.6 is 0 Å². The van der Waals surface area contributed by atoms with Crippen molar-refractivity contribution in [2.24, 2.45) is 0 Å². The topological polar surface area (TPSA) is 135 Å². The first-order valence-electron chi connectivity index (χ1n) is 9.36. The van der Waals surface area contributed by atoms with Gasteiger partial charge in [-0.15, -0.1) is 0 Å². The highest BCUT2D eigenvalue weighted by atomic mass is 16.4. The summed E-state index contributed by atoms with van der Waals surface area (Å²) in [4.78, 5) is 40.3. The fourth-order valence-electron chi connectivity index (χ4n) is 3.14. The molecule has 156 valence electrons. The monoisotopic (exact) mass is 418 g/mol. The molecule has 10 nitrogen and oxygen atoms in total. The molecule has 3 N–H and O–H groups in total. The summed E-state index contributed by atoms with van der Waals surface area (Å²) < 4.78 is 2.81. The zero-order valence-electron chi connectivity index (χ0n) is 16.2. The average Bonchev–Trinajstić information content (AvgIpc) is 3.44. The zero-order chi connectivity index (χ0) is 21.8. The van der Waals surface area contributed by atoms with Crippen molar-refractivity contribution < 1.29 is 14.7 Å². The van der Waals surface area contributed by atoms with Gasteiger partial charge in [-0.3, -0.25) is 19.5 Å². The Hall–Kier alpha value is -4.47. The molecule has 2 aromatic heterocycles. The maximum Gasteiger partial charge on any atom is 0.305 e. The van der Waals surface area contributed by atoms with Crippen LogP contribution in [0.5, 0.6) is 0 Å². The number of carbonyl (C=O) groups is 2. The maximum atomic E-state index is 12.8. The Balaban J connectivity index is 1.56. The standard InChI is InChI=1S/C21H18N6O4/c28-19-10-18(25-27(19)16-4-2-1-3-5-16)21(31)24-17(11-20(29)30)14-6-8-15(9-7-14)26-13-22-12-23-26/h1-10,12-13,17,25H,11H2,(H,24,31)(H,29,30). The minimum absolute atomic E-state index is 0.0310. The minimum atomic E-state index is -1.07. The Morgan fingerprint density at radius 2 is 1.81 bits per heavy atom. The fourth-order valence-corrected chi connectivity index (χ4v) is 3.14. The van der Waals surface area contributed by atoms with E-state index in [1.807, 2.05) is 6.07 Å². The molecule has 4 aromatic rings. The van der Waals surface area contributed by atoms with Crippen LogP contribution in [0, 0.1) is 0 Å². The Morgan fingerprint density at radius 1 is 1.06 bits per heavy atom. The first kappa shape index (κ1) is 19.8. The zero-order valence-corrected chi connectivity index (χ0v) is 16.2. The van der Waals surface area contributed by atoms with E-state index in [4.69, 9.17) is 0 Å². The third kappa shape index (κ3) is 4.42. The Labute approximate surface area is 175 Å². The lowest BCUT2D eigenvalue weighted by Gasteiger charge is -2.17. The van der Waals surface area contributed by atoms with E-state index in [1.165, 1.54) is 17.1 Å². The molecule has 31 heavy (non-hydrogen) atoms. The average molecular weight is 418 g/mol. The van der Waals surface area contributed by atoms with Crippen molar-refractivity contribution in [2.75, 3.05) is 0 Å². The van der Waals surface area contributed by atoms with E-state index < -0.39 is 23.5 Å². The predicted octanol–water partition coefficient (Wildman–Crippen LogP) is 1.69. The van der Waals surface area contributed by atoms with Gasteiger partial charge in [0.05, 0.1) is 23.8 Å². The van der Waals surface area contributed by atoms with Crippen LogP contribution in [0.4, 0.5) is 0 Å². The van der Waals surface area contributed by atoms with E-state index in [-0.39, 0.29) is 12.1 Å². The van der Waals surface area contributed by atoms with Gasteiger partial charge in [-0.25, -0.2) is 14.3 Å². The van der Waals surface area contributed by atoms with Gasteiger partial charge in [0.25, 0.3) is 11.5 Å². The van der Waals surface area contributed by atoms with Crippen molar-refractivity contribution in [3.63, 3.8) is 0 Å². The normalized spacial score (nSPS) is 11.7. The number of aliphatic carboxylic acids is 1. The van der Waals surface area contributed by atoms with Crippen LogP contribution in [0.2, 0.25) is 0 Å². The number of rotatable bonds is 7. The molecule has 1 amide bonds. The number of nitrogens with zero attached hydrogens (tertiary/aromatic N) is 4. The van der Waals surface area contributed by atoms with Gasteiger partial charge in [-0.05, 0) is 29.8 Å². The van der Waals surface area contributed by atoms with Crippen molar-refractivity contribution in [1.82, 2.24) is 29.9 Å². The molecule has 0 saturated heterocycles. The van der Waals surface area contributed by atoms with Crippen LogP contribution in [0.1, 0.15) is 28.5 Å². The Kier molecular flexibility index (Phi) is 5.43. The number of benzene rings is 2. The molecule has 10 heteroatoms. The van der Waals surface area contributed by atoms with Crippen LogP contribution in [0.25, 0.3) is 11.4 Å². The third-order valence-corrected chi connectivity index (χ3v) is 4.64. The lowest BCUT2D eigenvalue weighted by atomic mass is 10.0. The highest BCUT2D eigenvalue weighted by molar-refractivity contribution is 5.92. The summed E-state index contributed by atoms with van der Waals surface area (Å²) in [6.45, 7) is 0. The van der Waals surface area contributed by atoms with E-state index in [0.29, 0.717) is 11.3 Å². The highest BCUT2D eigenvalue weighted by Crippen LogP contribution is 2.19. The largest absolute Gasteiger partial charge is 0.481 e. The van der Waals surface area contributed by atoms with Crippen molar-refractivity contribution in [1.29, 1.82) is 0 Å². The minimum Gasteiger partial charge on any atom is -0.481 e. The Morgan fingerprint density at radius 3 is 2.45 bits per heavy atom. The molecular formula is C21H18N6O4. The summed E-state index contributed by atoms with van der Waals surface area (Å²) in [5.41, 5.74) is 1.56. The summed E-state index contributed by atoms with van der Waals surface area (Å²) in [5.74, 6) is -1.65. The number of carboxylic acids is 1. The van der Waals surface area contributed by atoms with E-state index >= 15 is 0 Å².